The van der Waals surface area contributed by atoms with E-state index in [1.807, 2.05) is 0 Å². The van der Waals surface area contributed by atoms with E-state index in [-0.39, 0.29) is 16.1 Å². The number of fused-ring (bicyclic) bond motifs is 1. The second-order valence-corrected chi connectivity index (χ2v) is 5.03. The maximum atomic E-state index is 9.98. The van der Waals surface area contributed by atoms with Crippen molar-refractivity contribution in [3.63, 3.8) is 0 Å². The Labute approximate surface area is 122 Å². The quantitative estimate of drug-likeness (QED) is 0.516. The highest BCUT2D eigenvalue weighted by Crippen LogP contribution is 2.32. The minimum absolute atomic E-state index is 0.0732. The average Bonchev–Trinajstić information content (AvgIpc) is 2.93. The predicted octanol–water partition coefficient (Wildman–Crippen LogP) is -0.255. The van der Waals surface area contributed by atoms with E-state index in [0.717, 1.165) is 0 Å². The van der Waals surface area contributed by atoms with Crippen molar-refractivity contribution in [3.8, 4) is 0 Å². The molecule has 0 aliphatic carbocycles. The molecule has 0 spiro atoms. The van der Waals surface area contributed by atoms with Crippen molar-refractivity contribution in [2.24, 2.45) is 0 Å². The fraction of sp³-hybridized carbons (Fsp3) is 0.500. The van der Waals surface area contributed by atoms with Crippen LogP contribution in [0.15, 0.2) is 6.33 Å². The van der Waals surface area contributed by atoms with Crippen LogP contribution >= 0.6 is 23.2 Å². The maximum Gasteiger partial charge on any atom is 0.225 e. The van der Waals surface area contributed by atoms with Gasteiger partial charge in [-0.25, -0.2) is 9.97 Å². The lowest BCUT2D eigenvalue weighted by atomic mass is 10.1. The van der Waals surface area contributed by atoms with Crippen molar-refractivity contribution in [1.82, 2.24) is 19.5 Å². The van der Waals surface area contributed by atoms with Crippen LogP contribution in [-0.2, 0) is 4.74 Å². The normalized spacial score (nSPS) is 30.2. The summed E-state index contributed by atoms with van der Waals surface area (Å²) in [6, 6.07) is 0. The lowest BCUT2D eigenvalue weighted by Gasteiger charge is -2.16. The van der Waals surface area contributed by atoms with E-state index < -0.39 is 31.1 Å². The standard InChI is InChI=1S/C10H10Cl2N4O4/c11-7-4-8(15-10(12)14-7)16(2-13-4)9-6(19)5(18)3(1-17)20-9/h2-3,5-6,9,17-19H,1H2/t3-,5?,6+,9-/m1/s1. The Balaban J connectivity index is 2.07. The number of aliphatic hydroxyl groups excluding tert-OH is 3. The van der Waals surface area contributed by atoms with Gasteiger partial charge in [0, 0.05) is 0 Å². The molecule has 3 N–H and O–H groups in total. The van der Waals surface area contributed by atoms with Crippen LogP contribution in [0.4, 0.5) is 0 Å². The number of aromatic nitrogens is 4. The highest BCUT2D eigenvalue weighted by atomic mass is 35.5. The summed E-state index contributed by atoms with van der Waals surface area (Å²) in [4.78, 5) is 11.8. The van der Waals surface area contributed by atoms with E-state index in [1.54, 1.807) is 0 Å². The number of hydrogen-bond donors (Lipinski definition) is 3. The molecular formula is C10H10Cl2N4O4. The minimum Gasteiger partial charge on any atom is -0.394 e. The molecule has 8 nitrogen and oxygen atoms in total. The lowest BCUT2D eigenvalue weighted by molar-refractivity contribution is -0.0511. The minimum atomic E-state index is -1.24. The number of aliphatic hydroxyl groups is 3. The summed E-state index contributed by atoms with van der Waals surface area (Å²) >= 11 is 11.6. The molecule has 108 valence electrons. The summed E-state index contributed by atoms with van der Waals surface area (Å²) in [6.07, 6.45) is -2.94. The van der Waals surface area contributed by atoms with Crippen LogP contribution in [0.5, 0.6) is 0 Å². The van der Waals surface area contributed by atoms with Crippen LogP contribution in [0.25, 0.3) is 11.2 Å². The zero-order valence-electron chi connectivity index (χ0n) is 9.89. The van der Waals surface area contributed by atoms with Gasteiger partial charge < -0.3 is 20.1 Å². The maximum absolute atomic E-state index is 9.98. The van der Waals surface area contributed by atoms with Gasteiger partial charge in [0.2, 0.25) is 5.28 Å². The summed E-state index contributed by atoms with van der Waals surface area (Å²) < 4.78 is 6.78. The molecule has 0 aromatic carbocycles. The molecule has 1 aliphatic rings. The summed E-state index contributed by atoms with van der Waals surface area (Å²) in [6.45, 7) is -0.419. The van der Waals surface area contributed by atoms with Crippen molar-refractivity contribution in [2.75, 3.05) is 6.61 Å². The Bertz CT molecular complexity index is 651. The van der Waals surface area contributed by atoms with Gasteiger partial charge >= 0.3 is 0 Å². The van der Waals surface area contributed by atoms with E-state index in [1.165, 1.54) is 10.9 Å². The molecule has 0 amide bonds. The number of hydrogen-bond acceptors (Lipinski definition) is 7. The molecule has 10 heteroatoms. The van der Waals surface area contributed by atoms with Crippen LogP contribution in [0, 0.1) is 0 Å². The van der Waals surface area contributed by atoms with E-state index >= 15 is 0 Å². The molecule has 1 fully saturated rings. The molecule has 1 unspecified atom stereocenters. The summed E-state index contributed by atoms with van der Waals surface area (Å²) in [5.41, 5.74) is 0.568. The van der Waals surface area contributed by atoms with E-state index in [0.29, 0.717) is 5.52 Å². The smallest absolute Gasteiger partial charge is 0.225 e. The number of rotatable bonds is 2. The van der Waals surface area contributed by atoms with Gasteiger partial charge in [0.1, 0.15) is 23.8 Å². The highest BCUT2D eigenvalue weighted by molar-refractivity contribution is 6.35. The van der Waals surface area contributed by atoms with Crippen molar-refractivity contribution < 1.29 is 20.1 Å². The first-order valence-corrected chi connectivity index (χ1v) is 6.46. The molecule has 2 aromatic rings. The van der Waals surface area contributed by atoms with Crippen LogP contribution in [0.3, 0.4) is 0 Å². The number of nitrogens with zero attached hydrogens (tertiary/aromatic N) is 4. The average molecular weight is 321 g/mol. The first kappa shape index (κ1) is 13.9. The van der Waals surface area contributed by atoms with Gasteiger partial charge in [0.05, 0.1) is 12.9 Å². The monoisotopic (exact) mass is 320 g/mol. The second-order valence-electron chi connectivity index (χ2n) is 4.34. The van der Waals surface area contributed by atoms with Crippen LogP contribution in [0.1, 0.15) is 6.23 Å². The molecule has 1 saturated heterocycles. The van der Waals surface area contributed by atoms with Gasteiger partial charge in [-0.3, -0.25) is 4.57 Å². The Morgan fingerprint density at radius 1 is 1.25 bits per heavy atom. The Kier molecular flexibility index (Phi) is 3.53. The van der Waals surface area contributed by atoms with Crippen LogP contribution < -0.4 is 0 Å². The Morgan fingerprint density at radius 3 is 2.65 bits per heavy atom. The van der Waals surface area contributed by atoms with E-state index in [2.05, 4.69) is 15.0 Å². The summed E-state index contributed by atoms with van der Waals surface area (Å²) in [7, 11) is 0. The number of imidazole rings is 1. The van der Waals surface area contributed by atoms with Crippen molar-refractivity contribution in [2.45, 2.75) is 24.5 Å². The Hall–Kier alpha value is -1.03. The molecular weight excluding hydrogens is 311 g/mol. The largest absolute Gasteiger partial charge is 0.394 e. The molecule has 20 heavy (non-hydrogen) atoms. The molecule has 0 saturated carbocycles. The van der Waals surface area contributed by atoms with Gasteiger partial charge in [0.25, 0.3) is 0 Å². The van der Waals surface area contributed by atoms with Gasteiger partial charge in [-0.05, 0) is 11.6 Å². The predicted molar refractivity (Wildman–Crippen MR) is 68.4 cm³/mol. The van der Waals surface area contributed by atoms with Crippen molar-refractivity contribution in [3.05, 3.63) is 16.8 Å². The summed E-state index contributed by atoms with van der Waals surface area (Å²) in [5, 5.41) is 28.8. The zero-order chi connectivity index (χ0) is 14.4. The SMILES string of the molecule is OC[C@H]1O[C@@H](n2cnc3c(Cl)nc(Cl)nc32)[C@@H](O)C1O. The third-order valence-electron chi connectivity index (χ3n) is 3.14. The first-order chi connectivity index (χ1) is 9.52. The number of halogens is 2. The van der Waals surface area contributed by atoms with Gasteiger partial charge in [-0.2, -0.15) is 4.98 Å². The Morgan fingerprint density at radius 2 is 2.00 bits per heavy atom. The molecule has 4 atom stereocenters. The molecule has 3 rings (SSSR count). The molecule has 1 aliphatic heterocycles. The first-order valence-electron chi connectivity index (χ1n) is 5.71. The third-order valence-corrected chi connectivity index (χ3v) is 3.58. The van der Waals surface area contributed by atoms with Gasteiger partial charge in [0.15, 0.2) is 17.0 Å². The van der Waals surface area contributed by atoms with Crippen LogP contribution in [-0.4, -0.2) is 59.8 Å². The van der Waals surface area contributed by atoms with Gasteiger partial charge in [-0.1, -0.05) is 11.6 Å². The summed E-state index contributed by atoms with van der Waals surface area (Å²) in [5.74, 6) is 0. The van der Waals surface area contributed by atoms with Crippen molar-refractivity contribution in [1.29, 1.82) is 0 Å². The highest BCUT2D eigenvalue weighted by Gasteiger charge is 2.44. The van der Waals surface area contributed by atoms with E-state index in [4.69, 9.17) is 33.0 Å². The third kappa shape index (κ3) is 2.05. The fourth-order valence-electron chi connectivity index (χ4n) is 2.15. The second kappa shape index (κ2) is 5.06. The number of ether oxygens (including phenoxy) is 1. The molecule has 2 aromatic heterocycles. The van der Waals surface area contributed by atoms with E-state index in [9.17, 15) is 10.2 Å². The van der Waals surface area contributed by atoms with Crippen molar-refractivity contribution >= 4 is 34.4 Å². The fourth-order valence-corrected chi connectivity index (χ4v) is 2.57. The van der Waals surface area contributed by atoms with Crippen LogP contribution in [0.2, 0.25) is 10.4 Å². The zero-order valence-corrected chi connectivity index (χ0v) is 11.4. The molecule has 0 radical (unpaired) electrons. The lowest BCUT2D eigenvalue weighted by Crippen LogP contribution is -2.33. The molecule has 3 heterocycles. The topological polar surface area (TPSA) is 114 Å². The molecule has 0 bridgehead atoms. The van der Waals surface area contributed by atoms with Gasteiger partial charge in [-0.15, -0.1) is 0 Å².